The highest BCUT2D eigenvalue weighted by atomic mass is 16.7. The Morgan fingerprint density at radius 1 is 0.841 bits per heavy atom. The zero-order chi connectivity index (χ0) is 32.6. The average molecular weight is 630 g/mol. The second kappa shape index (κ2) is 24.1. The molecule has 3 N–H and O–H groups in total. The number of hydrogen-bond donors (Lipinski definition) is 3. The van der Waals surface area contributed by atoms with E-state index in [9.17, 15) is 33.9 Å². The summed E-state index contributed by atoms with van der Waals surface area (Å²) in [6.45, 7) is 3.32. The molecule has 0 spiro atoms. The number of Topliss-reactive ketones (excluding diaryl/α,β-unsaturated/α-hetero) is 1. The lowest BCUT2D eigenvalue weighted by Gasteiger charge is -2.21. The van der Waals surface area contributed by atoms with Crippen molar-refractivity contribution in [3.63, 3.8) is 0 Å². The predicted molar refractivity (Wildman–Crippen MR) is 155 cm³/mol. The summed E-state index contributed by atoms with van der Waals surface area (Å²) in [5.41, 5.74) is 0. The van der Waals surface area contributed by atoms with Gasteiger partial charge in [0.2, 0.25) is 11.8 Å². The molecule has 44 heavy (non-hydrogen) atoms. The quantitative estimate of drug-likeness (QED) is 0.0468. The van der Waals surface area contributed by atoms with Gasteiger partial charge in [0.15, 0.2) is 6.29 Å². The Morgan fingerprint density at radius 2 is 1.48 bits per heavy atom. The van der Waals surface area contributed by atoms with Gasteiger partial charge in [0, 0.05) is 77.6 Å². The lowest BCUT2D eigenvalue weighted by molar-refractivity contribution is -0.194. The molecule has 0 bridgehead atoms. The number of aliphatic hydroxyl groups is 1. The molecule has 15 heteroatoms. The summed E-state index contributed by atoms with van der Waals surface area (Å²) < 4.78 is 26.4. The summed E-state index contributed by atoms with van der Waals surface area (Å²) >= 11 is 0. The minimum atomic E-state index is -0.782. The maximum Gasteiger partial charge on any atom is 0.305 e. The lowest BCUT2D eigenvalue weighted by atomic mass is 10.1. The maximum atomic E-state index is 11.9. The van der Waals surface area contributed by atoms with Crippen LogP contribution in [0.15, 0.2) is 12.2 Å². The van der Waals surface area contributed by atoms with Gasteiger partial charge in [-0.2, -0.15) is 0 Å². The zero-order valence-electron chi connectivity index (χ0n) is 25.7. The van der Waals surface area contributed by atoms with Crippen molar-refractivity contribution in [1.29, 1.82) is 0 Å². The Labute approximate surface area is 257 Å². The van der Waals surface area contributed by atoms with Gasteiger partial charge in [-0.3, -0.25) is 33.7 Å². The van der Waals surface area contributed by atoms with Crippen LogP contribution in [-0.2, 0) is 52.5 Å². The van der Waals surface area contributed by atoms with Crippen LogP contribution in [0.5, 0.6) is 0 Å². The number of nitrogens with zero attached hydrogens (tertiary/aromatic N) is 1. The van der Waals surface area contributed by atoms with E-state index in [2.05, 4.69) is 10.6 Å². The van der Waals surface area contributed by atoms with Crippen LogP contribution in [0.2, 0.25) is 0 Å². The summed E-state index contributed by atoms with van der Waals surface area (Å²) in [5, 5.41) is 14.5. The number of amides is 4. The Morgan fingerprint density at radius 3 is 2.09 bits per heavy atom. The van der Waals surface area contributed by atoms with E-state index in [4.69, 9.17) is 23.7 Å². The smallest absolute Gasteiger partial charge is 0.305 e. The van der Waals surface area contributed by atoms with Gasteiger partial charge in [0.25, 0.3) is 11.8 Å². The summed E-state index contributed by atoms with van der Waals surface area (Å²) in [6, 6.07) is 0. The minimum absolute atomic E-state index is 0.0494. The third kappa shape index (κ3) is 18.4. The van der Waals surface area contributed by atoms with E-state index in [0.29, 0.717) is 45.5 Å². The van der Waals surface area contributed by atoms with Crippen molar-refractivity contribution in [2.75, 3.05) is 66.4 Å². The Kier molecular flexibility index (Phi) is 21.3. The molecule has 1 heterocycles. The molecule has 0 aromatic rings. The number of rotatable bonds is 27. The molecule has 4 amide bonds. The number of aliphatic hydroxyl groups excluding tert-OH is 1. The standard InChI is InChI=1S/C29H47N3O12/c1-3-23(20-33)44-29(40-2)21-43-28(39)8-4-7-24(35)30-13-14-31-25(36)12-17-42-19-18-41-16-5-6-22(34)11-15-32-26(37)9-10-27(32)38/h9-10,23,29,33H,3-8,11-21H2,1-2H3,(H,30,35)(H,31,36). The summed E-state index contributed by atoms with van der Waals surface area (Å²) in [7, 11) is 1.41. The SMILES string of the molecule is CCC(CO)OC(COC(=O)CCCC(=O)NCCNC(=O)CCOCCOCCCC(=O)CCN1C(=O)C=CC1=O)OC. The Bertz CT molecular complexity index is 921. The zero-order valence-corrected chi connectivity index (χ0v) is 25.7. The van der Waals surface area contributed by atoms with Crippen LogP contribution in [0.4, 0.5) is 0 Å². The molecule has 1 aliphatic rings. The summed E-state index contributed by atoms with van der Waals surface area (Å²) in [4.78, 5) is 71.5. The normalized spacial score (nSPS) is 14.0. The molecule has 0 saturated carbocycles. The van der Waals surface area contributed by atoms with E-state index >= 15 is 0 Å². The van der Waals surface area contributed by atoms with Crippen molar-refractivity contribution in [2.24, 2.45) is 0 Å². The van der Waals surface area contributed by atoms with Gasteiger partial charge in [0.05, 0.1) is 32.5 Å². The highest BCUT2D eigenvalue weighted by Gasteiger charge is 2.23. The first-order chi connectivity index (χ1) is 21.2. The molecule has 250 valence electrons. The van der Waals surface area contributed by atoms with Crippen molar-refractivity contribution in [1.82, 2.24) is 15.5 Å². The molecule has 2 unspecified atom stereocenters. The van der Waals surface area contributed by atoms with E-state index in [0.717, 1.165) is 4.90 Å². The highest BCUT2D eigenvalue weighted by molar-refractivity contribution is 6.13. The third-order valence-corrected chi connectivity index (χ3v) is 6.31. The van der Waals surface area contributed by atoms with Gasteiger partial charge in [0.1, 0.15) is 12.4 Å². The molecular formula is C29H47N3O12. The second-order valence-electron chi connectivity index (χ2n) is 9.78. The van der Waals surface area contributed by atoms with Gasteiger partial charge < -0.3 is 39.4 Å². The molecule has 0 fully saturated rings. The van der Waals surface area contributed by atoms with Crippen molar-refractivity contribution < 1.29 is 57.6 Å². The fourth-order valence-corrected chi connectivity index (χ4v) is 3.72. The number of imide groups is 1. The molecule has 0 aromatic heterocycles. The predicted octanol–water partition coefficient (Wildman–Crippen LogP) is -0.220. The van der Waals surface area contributed by atoms with Crippen LogP contribution in [0.1, 0.15) is 58.3 Å². The van der Waals surface area contributed by atoms with Gasteiger partial charge in [-0.05, 0) is 19.3 Å². The first kappa shape index (κ1) is 38.8. The van der Waals surface area contributed by atoms with Crippen LogP contribution in [0, 0.1) is 0 Å². The molecule has 0 aromatic carbocycles. The largest absolute Gasteiger partial charge is 0.460 e. The Balaban J connectivity index is 1.92. The van der Waals surface area contributed by atoms with Crippen LogP contribution < -0.4 is 10.6 Å². The average Bonchev–Trinajstić information content (AvgIpc) is 3.33. The van der Waals surface area contributed by atoms with Crippen LogP contribution in [0.3, 0.4) is 0 Å². The number of ketones is 1. The monoisotopic (exact) mass is 629 g/mol. The number of esters is 1. The van der Waals surface area contributed by atoms with E-state index in [1.807, 2.05) is 6.92 Å². The number of nitrogens with one attached hydrogen (secondary N) is 2. The van der Waals surface area contributed by atoms with Gasteiger partial charge in [-0.1, -0.05) is 6.92 Å². The van der Waals surface area contributed by atoms with E-state index in [-0.39, 0.29) is 82.7 Å². The number of carbonyl (C=O) groups excluding carboxylic acids is 6. The van der Waals surface area contributed by atoms with Crippen molar-refractivity contribution in [2.45, 2.75) is 70.7 Å². The van der Waals surface area contributed by atoms with Crippen molar-refractivity contribution >= 4 is 35.4 Å². The number of methoxy groups -OCH3 is 1. The molecular weight excluding hydrogens is 582 g/mol. The number of carbonyl (C=O) groups is 6. The van der Waals surface area contributed by atoms with Crippen molar-refractivity contribution in [3.05, 3.63) is 12.2 Å². The van der Waals surface area contributed by atoms with Crippen molar-refractivity contribution in [3.8, 4) is 0 Å². The lowest BCUT2D eigenvalue weighted by Crippen LogP contribution is -2.35. The molecule has 0 radical (unpaired) electrons. The van der Waals surface area contributed by atoms with Gasteiger partial charge in [-0.15, -0.1) is 0 Å². The van der Waals surface area contributed by atoms with E-state index in [1.165, 1.54) is 19.3 Å². The molecule has 0 saturated heterocycles. The van der Waals surface area contributed by atoms with Gasteiger partial charge in [-0.25, -0.2) is 0 Å². The molecule has 2 atom stereocenters. The molecule has 1 aliphatic heterocycles. The minimum Gasteiger partial charge on any atom is -0.460 e. The second-order valence-corrected chi connectivity index (χ2v) is 9.78. The first-order valence-electron chi connectivity index (χ1n) is 14.9. The third-order valence-electron chi connectivity index (χ3n) is 6.31. The van der Waals surface area contributed by atoms with E-state index in [1.54, 1.807) is 0 Å². The number of ether oxygens (including phenoxy) is 5. The Hall–Kier alpha value is -3.24. The first-order valence-corrected chi connectivity index (χ1v) is 14.9. The van der Waals surface area contributed by atoms with Crippen LogP contribution >= 0.6 is 0 Å². The fraction of sp³-hybridized carbons (Fsp3) is 0.724. The summed E-state index contributed by atoms with van der Waals surface area (Å²) in [5.74, 6) is -1.81. The maximum absolute atomic E-state index is 11.9. The van der Waals surface area contributed by atoms with E-state index < -0.39 is 30.2 Å². The van der Waals surface area contributed by atoms with Crippen LogP contribution in [-0.4, -0.2) is 124 Å². The van der Waals surface area contributed by atoms with Crippen LogP contribution in [0.25, 0.3) is 0 Å². The molecule has 0 aliphatic carbocycles. The summed E-state index contributed by atoms with van der Waals surface area (Å²) in [6.07, 6.45) is 3.32. The highest BCUT2D eigenvalue weighted by Crippen LogP contribution is 2.07. The van der Waals surface area contributed by atoms with Gasteiger partial charge >= 0.3 is 5.97 Å². The fourth-order valence-electron chi connectivity index (χ4n) is 3.72. The molecule has 15 nitrogen and oxygen atoms in total. The molecule has 1 rings (SSSR count). The number of hydrogen-bond acceptors (Lipinski definition) is 12. The topological polar surface area (TPSA) is 196 Å².